The first kappa shape index (κ1) is 13.0. The lowest BCUT2D eigenvalue weighted by atomic mass is 9.97. The Morgan fingerprint density at radius 2 is 2.22 bits per heavy atom. The van der Waals surface area contributed by atoms with E-state index in [1.807, 2.05) is 6.07 Å². The van der Waals surface area contributed by atoms with E-state index in [9.17, 15) is 5.11 Å². The van der Waals surface area contributed by atoms with Crippen LogP contribution in [-0.2, 0) is 0 Å². The summed E-state index contributed by atoms with van der Waals surface area (Å²) in [7, 11) is 0. The van der Waals surface area contributed by atoms with Gasteiger partial charge in [-0.3, -0.25) is 5.32 Å². The molecule has 0 saturated heterocycles. The molecule has 1 aromatic rings. The van der Waals surface area contributed by atoms with E-state index in [-0.39, 0.29) is 12.1 Å². The summed E-state index contributed by atoms with van der Waals surface area (Å²) in [6.45, 7) is 6.40. The van der Waals surface area contributed by atoms with Crippen molar-refractivity contribution in [3.63, 3.8) is 0 Å². The van der Waals surface area contributed by atoms with Crippen LogP contribution in [0, 0.1) is 19.3 Å². The summed E-state index contributed by atoms with van der Waals surface area (Å²) in [5.41, 5.74) is 3.60. The summed E-state index contributed by atoms with van der Waals surface area (Å²) in [5, 5.41) is 13.6. The maximum absolute atomic E-state index is 10.1. The number of terminal acetylenes is 1. The van der Waals surface area contributed by atoms with Gasteiger partial charge in [0.25, 0.3) is 0 Å². The van der Waals surface area contributed by atoms with Crippen molar-refractivity contribution in [1.82, 2.24) is 5.32 Å². The summed E-state index contributed by atoms with van der Waals surface area (Å²) >= 11 is 0. The summed E-state index contributed by atoms with van der Waals surface area (Å²) in [4.78, 5) is 0. The van der Waals surface area contributed by atoms with Crippen LogP contribution in [0.1, 0.15) is 55.3 Å². The van der Waals surface area contributed by atoms with Crippen LogP contribution in [0.5, 0.6) is 5.75 Å². The Balaban J connectivity index is 2.36. The Morgan fingerprint density at radius 1 is 1.50 bits per heavy atom. The molecule has 3 atom stereocenters. The van der Waals surface area contributed by atoms with Crippen LogP contribution in [0.4, 0.5) is 0 Å². The number of hydrogen-bond acceptors (Lipinski definition) is 2. The first-order valence-corrected chi connectivity index (χ1v) is 6.63. The van der Waals surface area contributed by atoms with Crippen LogP contribution in [0.2, 0.25) is 0 Å². The summed E-state index contributed by atoms with van der Waals surface area (Å²) in [6.07, 6.45) is 7.42. The minimum Gasteiger partial charge on any atom is -0.508 e. The molecule has 0 amide bonds. The maximum atomic E-state index is 10.1. The average molecular weight is 243 g/mol. The fraction of sp³-hybridized carbons (Fsp3) is 0.500. The van der Waals surface area contributed by atoms with Crippen molar-refractivity contribution in [2.75, 3.05) is 0 Å². The Hall–Kier alpha value is -1.46. The van der Waals surface area contributed by atoms with Crippen LogP contribution in [0.25, 0.3) is 0 Å². The zero-order chi connectivity index (χ0) is 13.3. The molecule has 0 radical (unpaired) electrons. The predicted molar refractivity (Wildman–Crippen MR) is 74.7 cm³/mol. The highest BCUT2D eigenvalue weighted by Crippen LogP contribution is 2.46. The standard InChI is InChI=1S/C16H21NO/c1-5-12(6-2)17-13-9-11(4)15-10(3)7-8-14(18)16(13)15/h1,7-8,11-13,17-18H,6,9H2,2-4H3. The van der Waals surface area contributed by atoms with E-state index in [4.69, 9.17) is 6.42 Å². The van der Waals surface area contributed by atoms with Gasteiger partial charge < -0.3 is 5.11 Å². The van der Waals surface area contributed by atoms with Gasteiger partial charge >= 0.3 is 0 Å². The topological polar surface area (TPSA) is 32.3 Å². The Bertz CT molecular complexity index is 487. The van der Waals surface area contributed by atoms with E-state index >= 15 is 0 Å². The number of rotatable bonds is 3. The zero-order valence-corrected chi connectivity index (χ0v) is 11.3. The minimum absolute atomic E-state index is 0.0769. The summed E-state index contributed by atoms with van der Waals surface area (Å²) < 4.78 is 0. The largest absolute Gasteiger partial charge is 0.508 e. The van der Waals surface area contributed by atoms with Gasteiger partial charge in [-0.05, 0) is 42.9 Å². The van der Waals surface area contributed by atoms with Crippen molar-refractivity contribution >= 4 is 0 Å². The van der Waals surface area contributed by atoms with Crippen molar-refractivity contribution < 1.29 is 5.11 Å². The normalized spacial score (nSPS) is 23.4. The van der Waals surface area contributed by atoms with Gasteiger partial charge in [-0.15, -0.1) is 6.42 Å². The fourth-order valence-electron chi connectivity index (χ4n) is 3.02. The molecule has 1 aromatic carbocycles. The highest BCUT2D eigenvalue weighted by molar-refractivity contribution is 5.51. The number of phenols is 1. The molecule has 1 aliphatic carbocycles. The number of hydrogen-bond donors (Lipinski definition) is 2. The lowest BCUT2D eigenvalue weighted by Gasteiger charge is -2.19. The average Bonchev–Trinajstić information content (AvgIpc) is 2.69. The van der Waals surface area contributed by atoms with Gasteiger partial charge in [0, 0.05) is 11.6 Å². The van der Waals surface area contributed by atoms with E-state index in [0.717, 1.165) is 18.4 Å². The molecule has 0 saturated carbocycles. The molecule has 96 valence electrons. The summed E-state index contributed by atoms with van der Waals surface area (Å²) in [6, 6.07) is 4.03. The molecule has 2 N–H and O–H groups in total. The maximum Gasteiger partial charge on any atom is 0.120 e. The molecule has 2 heteroatoms. The first-order chi connectivity index (χ1) is 8.58. The third-order valence-electron chi connectivity index (χ3n) is 3.92. The second kappa shape index (κ2) is 5.04. The Morgan fingerprint density at radius 3 is 2.83 bits per heavy atom. The molecule has 0 aliphatic heterocycles. The highest BCUT2D eigenvalue weighted by atomic mass is 16.3. The van der Waals surface area contributed by atoms with Crippen molar-refractivity contribution in [1.29, 1.82) is 0 Å². The van der Waals surface area contributed by atoms with Crippen molar-refractivity contribution in [2.45, 2.75) is 51.6 Å². The highest BCUT2D eigenvalue weighted by Gasteiger charge is 2.32. The van der Waals surface area contributed by atoms with Crippen LogP contribution in [-0.4, -0.2) is 11.1 Å². The molecule has 18 heavy (non-hydrogen) atoms. The summed E-state index contributed by atoms with van der Waals surface area (Å²) in [5.74, 6) is 3.63. The molecule has 0 bridgehead atoms. The van der Waals surface area contributed by atoms with E-state index in [1.54, 1.807) is 6.07 Å². The second-order valence-electron chi connectivity index (χ2n) is 5.21. The van der Waals surface area contributed by atoms with Gasteiger partial charge in [0.1, 0.15) is 5.75 Å². The molecule has 0 heterocycles. The minimum atomic E-state index is 0.0769. The second-order valence-corrected chi connectivity index (χ2v) is 5.21. The van der Waals surface area contributed by atoms with Crippen LogP contribution in [0.15, 0.2) is 12.1 Å². The van der Waals surface area contributed by atoms with Crippen molar-refractivity contribution in [3.8, 4) is 18.1 Å². The van der Waals surface area contributed by atoms with Gasteiger partial charge in [-0.1, -0.05) is 25.8 Å². The lowest BCUT2D eigenvalue weighted by Crippen LogP contribution is -2.30. The molecule has 3 unspecified atom stereocenters. The zero-order valence-electron chi connectivity index (χ0n) is 11.3. The number of phenolic OH excluding ortho intramolecular Hbond substituents is 1. The van der Waals surface area contributed by atoms with Crippen molar-refractivity contribution in [2.24, 2.45) is 0 Å². The molecule has 0 spiro atoms. The number of fused-ring (bicyclic) bond motifs is 1. The Kier molecular flexibility index (Phi) is 3.63. The van der Waals surface area contributed by atoms with E-state index < -0.39 is 0 Å². The Labute approximate surface area is 109 Å². The molecule has 0 aromatic heterocycles. The van der Waals surface area contributed by atoms with Gasteiger partial charge in [0.05, 0.1) is 6.04 Å². The van der Waals surface area contributed by atoms with Gasteiger partial charge in [0.2, 0.25) is 0 Å². The molecule has 1 aliphatic rings. The van der Waals surface area contributed by atoms with E-state index in [1.165, 1.54) is 11.1 Å². The molecule has 0 fully saturated rings. The number of aryl methyl sites for hydroxylation is 1. The monoisotopic (exact) mass is 243 g/mol. The van der Waals surface area contributed by atoms with Crippen LogP contribution >= 0.6 is 0 Å². The van der Waals surface area contributed by atoms with Crippen LogP contribution in [0.3, 0.4) is 0 Å². The smallest absolute Gasteiger partial charge is 0.120 e. The fourth-order valence-corrected chi connectivity index (χ4v) is 3.02. The van der Waals surface area contributed by atoms with Gasteiger partial charge in [-0.2, -0.15) is 0 Å². The number of nitrogens with one attached hydrogen (secondary N) is 1. The molecule has 2 rings (SSSR count). The van der Waals surface area contributed by atoms with E-state index in [0.29, 0.717) is 11.7 Å². The third-order valence-corrected chi connectivity index (χ3v) is 3.92. The number of benzene rings is 1. The van der Waals surface area contributed by atoms with Crippen molar-refractivity contribution in [3.05, 3.63) is 28.8 Å². The molecular weight excluding hydrogens is 222 g/mol. The van der Waals surface area contributed by atoms with Crippen LogP contribution < -0.4 is 5.32 Å². The number of aromatic hydroxyl groups is 1. The van der Waals surface area contributed by atoms with E-state index in [2.05, 4.69) is 32.0 Å². The van der Waals surface area contributed by atoms with Gasteiger partial charge in [0.15, 0.2) is 0 Å². The van der Waals surface area contributed by atoms with Gasteiger partial charge in [-0.25, -0.2) is 0 Å². The molecule has 2 nitrogen and oxygen atoms in total. The molecular formula is C16H21NO. The lowest BCUT2D eigenvalue weighted by molar-refractivity contribution is 0.430. The SMILES string of the molecule is C#CC(CC)NC1CC(C)c2c(C)ccc(O)c21. The quantitative estimate of drug-likeness (QED) is 0.799. The third kappa shape index (κ3) is 2.11. The predicted octanol–water partition coefficient (Wildman–Crippen LogP) is 3.25. The first-order valence-electron chi connectivity index (χ1n) is 6.63.